The van der Waals surface area contributed by atoms with Crippen LogP contribution in [0.4, 0.5) is 0 Å². The maximum atomic E-state index is 11.3. The minimum atomic E-state index is -0.532. The number of hydrogen-bond donors (Lipinski definition) is 1. The number of carbonyl (C=O) groups is 1. The molecule has 1 aliphatic carbocycles. The molecule has 0 heterocycles. The Hall–Kier alpha value is -0.570. The lowest BCUT2D eigenvalue weighted by Crippen LogP contribution is -2.45. The minimum Gasteiger partial charge on any atom is -0.469 e. The maximum Gasteiger partial charge on any atom is 0.312 e. The lowest BCUT2D eigenvalue weighted by Gasteiger charge is -2.28. The average Bonchev–Trinajstić information content (AvgIpc) is 2.83. The first kappa shape index (κ1) is 9.52. The predicted molar refractivity (Wildman–Crippen MR) is 46.5 cm³/mol. The molecule has 1 unspecified atom stereocenters. The number of carbonyl (C=O) groups excluding carboxylic acids is 1. The van der Waals surface area contributed by atoms with Crippen LogP contribution in [0, 0.1) is 11.3 Å². The van der Waals surface area contributed by atoms with E-state index in [0.29, 0.717) is 5.92 Å². The summed E-state index contributed by atoms with van der Waals surface area (Å²) in [5.74, 6) is 0.320. The molecular weight excluding hydrogens is 154 g/mol. The van der Waals surface area contributed by atoms with Crippen LogP contribution < -0.4 is 5.73 Å². The first-order valence-electron chi connectivity index (χ1n) is 4.34. The van der Waals surface area contributed by atoms with Gasteiger partial charge in [0.05, 0.1) is 12.5 Å². The summed E-state index contributed by atoms with van der Waals surface area (Å²) in [6, 6.07) is -0.0510. The molecule has 1 rings (SSSR count). The Kier molecular flexibility index (Phi) is 2.42. The van der Waals surface area contributed by atoms with Gasteiger partial charge in [-0.2, -0.15) is 0 Å². The molecule has 0 radical (unpaired) electrons. The Morgan fingerprint density at radius 2 is 2.08 bits per heavy atom. The highest BCUT2D eigenvalue weighted by Crippen LogP contribution is 2.39. The molecule has 1 atom stereocenters. The summed E-state index contributed by atoms with van der Waals surface area (Å²) >= 11 is 0. The van der Waals surface area contributed by atoms with E-state index in [1.807, 2.05) is 13.8 Å². The van der Waals surface area contributed by atoms with Crippen molar-refractivity contribution < 1.29 is 9.53 Å². The maximum absolute atomic E-state index is 11.3. The van der Waals surface area contributed by atoms with E-state index in [9.17, 15) is 4.79 Å². The van der Waals surface area contributed by atoms with Gasteiger partial charge in [0.2, 0.25) is 0 Å². The van der Waals surface area contributed by atoms with Crippen molar-refractivity contribution in [1.29, 1.82) is 0 Å². The summed E-state index contributed by atoms with van der Waals surface area (Å²) in [5, 5.41) is 0. The van der Waals surface area contributed by atoms with E-state index >= 15 is 0 Å². The van der Waals surface area contributed by atoms with Gasteiger partial charge in [0.1, 0.15) is 0 Å². The molecule has 0 bridgehead atoms. The van der Waals surface area contributed by atoms with Crippen molar-refractivity contribution in [2.24, 2.45) is 17.1 Å². The van der Waals surface area contributed by atoms with Gasteiger partial charge < -0.3 is 10.5 Å². The third-order valence-corrected chi connectivity index (χ3v) is 2.67. The highest BCUT2D eigenvalue weighted by Gasteiger charge is 2.43. The van der Waals surface area contributed by atoms with E-state index in [0.717, 1.165) is 12.8 Å². The van der Waals surface area contributed by atoms with E-state index in [1.54, 1.807) is 0 Å². The number of esters is 1. The van der Waals surface area contributed by atoms with Gasteiger partial charge in [-0.15, -0.1) is 0 Å². The quantitative estimate of drug-likeness (QED) is 0.642. The number of nitrogens with two attached hydrogens (primary N) is 1. The van der Waals surface area contributed by atoms with Crippen LogP contribution in [0.2, 0.25) is 0 Å². The monoisotopic (exact) mass is 171 g/mol. The fraction of sp³-hybridized carbons (Fsp3) is 0.889. The molecule has 2 N–H and O–H groups in total. The van der Waals surface area contributed by atoms with Gasteiger partial charge in [-0.3, -0.25) is 4.79 Å². The summed E-state index contributed by atoms with van der Waals surface area (Å²) in [5.41, 5.74) is 5.40. The molecule has 12 heavy (non-hydrogen) atoms. The van der Waals surface area contributed by atoms with Gasteiger partial charge in [0.15, 0.2) is 0 Å². The Morgan fingerprint density at radius 3 is 2.42 bits per heavy atom. The van der Waals surface area contributed by atoms with Crippen LogP contribution in [0.3, 0.4) is 0 Å². The van der Waals surface area contributed by atoms with Crippen LogP contribution in [-0.2, 0) is 9.53 Å². The highest BCUT2D eigenvalue weighted by atomic mass is 16.5. The molecular formula is C9H17NO2. The molecule has 0 aliphatic heterocycles. The van der Waals surface area contributed by atoms with E-state index in [2.05, 4.69) is 0 Å². The minimum absolute atomic E-state index is 0.0510. The molecule has 0 aromatic rings. The second-order valence-corrected chi connectivity index (χ2v) is 4.08. The van der Waals surface area contributed by atoms with Gasteiger partial charge >= 0.3 is 5.97 Å². The Bertz CT molecular complexity index is 185. The molecule has 0 aromatic heterocycles. The molecule has 70 valence electrons. The summed E-state index contributed by atoms with van der Waals surface area (Å²) in [6.07, 6.45) is 2.31. The Labute approximate surface area is 73.3 Å². The largest absolute Gasteiger partial charge is 0.469 e. The molecule has 0 amide bonds. The fourth-order valence-corrected chi connectivity index (χ4v) is 1.44. The van der Waals surface area contributed by atoms with Gasteiger partial charge in [0.25, 0.3) is 0 Å². The fourth-order valence-electron chi connectivity index (χ4n) is 1.44. The molecule has 3 heteroatoms. The second-order valence-electron chi connectivity index (χ2n) is 4.08. The van der Waals surface area contributed by atoms with E-state index in [4.69, 9.17) is 10.5 Å². The van der Waals surface area contributed by atoms with Gasteiger partial charge in [-0.1, -0.05) is 0 Å². The summed E-state index contributed by atoms with van der Waals surface area (Å²) in [7, 11) is 1.41. The third-order valence-electron chi connectivity index (χ3n) is 2.67. The first-order chi connectivity index (χ1) is 5.50. The van der Waals surface area contributed by atoms with E-state index < -0.39 is 5.41 Å². The van der Waals surface area contributed by atoms with Gasteiger partial charge in [-0.25, -0.2) is 0 Å². The molecule has 1 saturated carbocycles. The smallest absolute Gasteiger partial charge is 0.312 e. The number of ether oxygens (including phenoxy) is 1. The predicted octanol–water partition coefficient (Wildman–Crippen LogP) is 0.923. The Morgan fingerprint density at radius 1 is 1.58 bits per heavy atom. The number of rotatable bonds is 3. The van der Waals surface area contributed by atoms with Crippen molar-refractivity contribution in [2.75, 3.05) is 7.11 Å². The Balaban J connectivity index is 2.61. The SMILES string of the molecule is COC(=O)C(C)(C)C(N)C1CC1. The summed E-state index contributed by atoms with van der Waals surface area (Å²) in [4.78, 5) is 11.3. The summed E-state index contributed by atoms with van der Waals surface area (Å²) < 4.78 is 4.70. The lowest BCUT2D eigenvalue weighted by molar-refractivity contribution is -0.152. The van der Waals surface area contributed by atoms with Crippen LogP contribution in [0.1, 0.15) is 26.7 Å². The number of methoxy groups -OCH3 is 1. The summed E-state index contributed by atoms with van der Waals surface area (Å²) in [6.45, 7) is 3.70. The zero-order valence-corrected chi connectivity index (χ0v) is 7.96. The third kappa shape index (κ3) is 1.61. The molecule has 0 spiro atoms. The van der Waals surface area contributed by atoms with Crippen LogP contribution in [-0.4, -0.2) is 19.1 Å². The average molecular weight is 171 g/mol. The van der Waals surface area contributed by atoms with Crippen molar-refractivity contribution >= 4 is 5.97 Å². The van der Waals surface area contributed by atoms with Gasteiger partial charge in [-0.05, 0) is 32.6 Å². The van der Waals surface area contributed by atoms with Crippen molar-refractivity contribution in [3.63, 3.8) is 0 Å². The van der Waals surface area contributed by atoms with Crippen molar-refractivity contribution in [2.45, 2.75) is 32.7 Å². The molecule has 1 aliphatic rings. The standard InChI is InChI=1S/C9H17NO2/c1-9(2,8(11)12-3)7(10)6-4-5-6/h6-7H,4-5,10H2,1-3H3. The zero-order valence-electron chi connectivity index (χ0n) is 7.96. The molecule has 0 saturated heterocycles. The van der Waals surface area contributed by atoms with Crippen LogP contribution in [0.15, 0.2) is 0 Å². The number of hydrogen-bond acceptors (Lipinski definition) is 3. The lowest BCUT2D eigenvalue weighted by atomic mass is 9.82. The zero-order chi connectivity index (χ0) is 9.35. The van der Waals surface area contributed by atoms with Crippen molar-refractivity contribution in [3.8, 4) is 0 Å². The highest BCUT2D eigenvalue weighted by molar-refractivity contribution is 5.76. The van der Waals surface area contributed by atoms with Gasteiger partial charge in [0, 0.05) is 6.04 Å². The van der Waals surface area contributed by atoms with Crippen molar-refractivity contribution in [1.82, 2.24) is 0 Å². The van der Waals surface area contributed by atoms with Crippen molar-refractivity contribution in [3.05, 3.63) is 0 Å². The first-order valence-corrected chi connectivity index (χ1v) is 4.34. The molecule has 3 nitrogen and oxygen atoms in total. The van der Waals surface area contributed by atoms with E-state index in [1.165, 1.54) is 7.11 Å². The van der Waals surface area contributed by atoms with E-state index in [-0.39, 0.29) is 12.0 Å². The van der Waals surface area contributed by atoms with Crippen LogP contribution in [0.5, 0.6) is 0 Å². The normalized spacial score (nSPS) is 20.3. The molecule has 0 aromatic carbocycles. The van der Waals surface area contributed by atoms with Crippen LogP contribution >= 0.6 is 0 Å². The molecule has 1 fully saturated rings. The second kappa shape index (κ2) is 3.05. The van der Waals surface area contributed by atoms with Crippen LogP contribution in [0.25, 0.3) is 0 Å². The topological polar surface area (TPSA) is 52.3 Å².